The molecule has 0 spiro atoms. The van der Waals surface area contributed by atoms with Crippen molar-refractivity contribution in [3.63, 3.8) is 0 Å². The van der Waals surface area contributed by atoms with Gasteiger partial charge in [0, 0.05) is 16.8 Å². The fourth-order valence-corrected chi connectivity index (χ4v) is 3.18. The molecule has 0 radical (unpaired) electrons. The lowest BCUT2D eigenvalue weighted by Crippen LogP contribution is -2.06. The number of hydrogen-bond donors (Lipinski definition) is 1. The lowest BCUT2D eigenvalue weighted by Gasteiger charge is -2.11. The molecule has 5 nitrogen and oxygen atoms in total. The SMILES string of the molecule is COc1cc(C=Nc2ccc(O)cc2)cc(Cl)c1OC(=O)C=Cc1cccc(Br)c1. The number of nitrogens with zero attached hydrogens (tertiary/aromatic N) is 1. The standard InChI is InChI=1S/C23H17BrClNO4/c1-29-21-13-16(14-26-18-6-8-19(27)9-7-18)12-20(25)23(21)30-22(28)10-5-15-3-2-4-17(24)11-15/h2-14,27H,1H3. The summed E-state index contributed by atoms with van der Waals surface area (Å²) in [4.78, 5) is 16.6. The second kappa shape index (κ2) is 10.1. The molecule has 152 valence electrons. The summed E-state index contributed by atoms with van der Waals surface area (Å²) in [5.41, 5.74) is 2.17. The van der Waals surface area contributed by atoms with Crippen LogP contribution in [0.2, 0.25) is 5.02 Å². The molecule has 0 aliphatic rings. The summed E-state index contributed by atoms with van der Waals surface area (Å²) in [6.45, 7) is 0. The van der Waals surface area contributed by atoms with Crippen LogP contribution in [0.3, 0.4) is 0 Å². The third-order valence-electron chi connectivity index (χ3n) is 3.93. The fourth-order valence-electron chi connectivity index (χ4n) is 2.51. The molecule has 0 fully saturated rings. The number of carbonyl (C=O) groups is 1. The maximum Gasteiger partial charge on any atom is 0.336 e. The summed E-state index contributed by atoms with van der Waals surface area (Å²) in [7, 11) is 1.46. The summed E-state index contributed by atoms with van der Waals surface area (Å²) < 4.78 is 11.6. The Bertz CT molecular complexity index is 1110. The van der Waals surface area contributed by atoms with Crippen molar-refractivity contribution in [1.82, 2.24) is 0 Å². The molecule has 0 atom stereocenters. The van der Waals surface area contributed by atoms with E-state index in [4.69, 9.17) is 21.1 Å². The minimum atomic E-state index is -0.583. The number of hydrogen-bond acceptors (Lipinski definition) is 5. The predicted octanol–water partition coefficient (Wildman–Crippen LogP) is 6.19. The number of phenolic OH excluding ortho intramolecular Hbond substituents is 1. The number of aromatic hydroxyl groups is 1. The third kappa shape index (κ3) is 5.95. The van der Waals surface area contributed by atoms with E-state index in [9.17, 15) is 9.90 Å². The predicted molar refractivity (Wildman–Crippen MR) is 122 cm³/mol. The van der Waals surface area contributed by atoms with Crippen molar-refractivity contribution in [1.29, 1.82) is 0 Å². The summed E-state index contributed by atoms with van der Waals surface area (Å²) in [6.07, 6.45) is 4.56. The van der Waals surface area contributed by atoms with E-state index in [1.807, 2.05) is 24.3 Å². The van der Waals surface area contributed by atoms with Gasteiger partial charge in [-0.25, -0.2) is 4.79 Å². The number of rotatable bonds is 6. The first-order chi connectivity index (χ1) is 14.4. The zero-order chi connectivity index (χ0) is 21.5. The molecule has 3 aromatic rings. The van der Waals surface area contributed by atoms with E-state index in [2.05, 4.69) is 20.9 Å². The van der Waals surface area contributed by atoms with Crippen LogP contribution in [-0.4, -0.2) is 24.4 Å². The molecule has 0 unspecified atom stereocenters. The van der Waals surface area contributed by atoms with E-state index in [-0.39, 0.29) is 16.5 Å². The topological polar surface area (TPSA) is 68.1 Å². The Morgan fingerprint density at radius 1 is 1.10 bits per heavy atom. The van der Waals surface area contributed by atoms with Gasteiger partial charge < -0.3 is 14.6 Å². The molecule has 0 bridgehead atoms. The Balaban J connectivity index is 1.76. The summed E-state index contributed by atoms with van der Waals surface area (Å²) >= 11 is 9.70. The quantitative estimate of drug-likeness (QED) is 0.195. The Morgan fingerprint density at radius 3 is 2.57 bits per heavy atom. The number of halogens is 2. The van der Waals surface area contributed by atoms with Crippen LogP contribution in [0.5, 0.6) is 17.2 Å². The lowest BCUT2D eigenvalue weighted by molar-refractivity contribution is -0.129. The van der Waals surface area contributed by atoms with Gasteiger partial charge in [-0.3, -0.25) is 4.99 Å². The highest BCUT2D eigenvalue weighted by Crippen LogP contribution is 2.36. The minimum absolute atomic E-state index is 0.129. The third-order valence-corrected chi connectivity index (χ3v) is 4.70. The average Bonchev–Trinajstić information content (AvgIpc) is 2.73. The van der Waals surface area contributed by atoms with Crippen LogP contribution in [0.4, 0.5) is 5.69 Å². The van der Waals surface area contributed by atoms with Gasteiger partial charge in [-0.2, -0.15) is 0 Å². The first-order valence-electron chi connectivity index (χ1n) is 8.80. The molecule has 0 saturated carbocycles. The zero-order valence-electron chi connectivity index (χ0n) is 15.9. The Morgan fingerprint density at radius 2 is 1.87 bits per heavy atom. The van der Waals surface area contributed by atoms with E-state index in [0.29, 0.717) is 17.0 Å². The number of carbonyl (C=O) groups excluding carboxylic acids is 1. The van der Waals surface area contributed by atoms with Crippen LogP contribution >= 0.6 is 27.5 Å². The molecule has 0 aliphatic carbocycles. The van der Waals surface area contributed by atoms with Gasteiger partial charge in [0.1, 0.15) is 5.75 Å². The number of benzene rings is 3. The number of methoxy groups -OCH3 is 1. The summed E-state index contributed by atoms with van der Waals surface area (Å²) in [5, 5.41) is 9.54. The van der Waals surface area contributed by atoms with Gasteiger partial charge in [0.25, 0.3) is 0 Å². The van der Waals surface area contributed by atoms with Crippen LogP contribution in [0, 0.1) is 0 Å². The monoisotopic (exact) mass is 485 g/mol. The van der Waals surface area contributed by atoms with Gasteiger partial charge in [0.05, 0.1) is 17.8 Å². The molecule has 7 heteroatoms. The smallest absolute Gasteiger partial charge is 0.336 e. The van der Waals surface area contributed by atoms with Gasteiger partial charge in [-0.15, -0.1) is 0 Å². The van der Waals surface area contributed by atoms with Crippen molar-refractivity contribution in [2.75, 3.05) is 7.11 Å². The molecular formula is C23H17BrClNO4. The van der Waals surface area contributed by atoms with Crippen LogP contribution in [0.15, 0.2) is 76.2 Å². The second-order valence-electron chi connectivity index (χ2n) is 6.12. The Labute approximate surface area is 187 Å². The Kier molecular flexibility index (Phi) is 7.27. The van der Waals surface area contributed by atoms with E-state index in [0.717, 1.165) is 10.0 Å². The molecule has 3 rings (SSSR count). The summed E-state index contributed by atoms with van der Waals surface area (Å²) in [5.74, 6) is 0.0168. The van der Waals surface area contributed by atoms with Crippen LogP contribution in [0.25, 0.3) is 6.08 Å². The molecule has 30 heavy (non-hydrogen) atoms. The first-order valence-corrected chi connectivity index (χ1v) is 9.98. The molecule has 1 N–H and O–H groups in total. The Hall–Kier alpha value is -3.09. The molecule has 0 saturated heterocycles. The second-order valence-corrected chi connectivity index (χ2v) is 7.44. The van der Waals surface area contributed by atoms with Gasteiger partial charge in [-0.05, 0) is 65.7 Å². The minimum Gasteiger partial charge on any atom is -0.508 e. The van der Waals surface area contributed by atoms with E-state index in [1.165, 1.54) is 13.2 Å². The van der Waals surface area contributed by atoms with E-state index < -0.39 is 5.97 Å². The van der Waals surface area contributed by atoms with E-state index >= 15 is 0 Å². The highest BCUT2D eigenvalue weighted by Gasteiger charge is 2.14. The van der Waals surface area contributed by atoms with Crippen LogP contribution in [-0.2, 0) is 4.79 Å². The van der Waals surface area contributed by atoms with Gasteiger partial charge in [0.15, 0.2) is 11.5 Å². The largest absolute Gasteiger partial charge is 0.508 e. The molecule has 0 aliphatic heterocycles. The summed E-state index contributed by atoms with van der Waals surface area (Å²) in [6, 6.07) is 17.2. The fraction of sp³-hybridized carbons (Fsp3) is 0.0435. The van der Waals surface area contributed by atoms with Crippen molar-refractivity contribution < 1.29 is 19.4 Å². The van der Waals surface area contributed by atoms with Crippen molar-refractivity contribution in [2.45, 2.75) is 0 Å². The maximum absolute atomic E-state index is 12.2. The van der Waals surface area contributed by atoms with Crippen LogP contribution < -0.4 is 9.47 Å². The number of phenols is 1. The number of ether oxygens (including phenoxy) is 2. The molecule has 0 heterocycles. The van der Waals surface area contributed by atoms with Crippen molar-refractivity contribution >= 4 is 51.5 Å². The van der Waals surface area contributed by atoms with Crippen molar-refractivity contribution in [2.24, 2.45) is 4.99 Å². The van der Waals surface area contributed by atoms with Crippen molar-refractivity contribution in [3.8, 4) is 17.2 Å². The van der Waals surface area contributed by atoms with Gasteiger partial charge in [0.2, 0.25) is 0 Å². The van der Waals surface area contributed by atoms with Crippen molar-refractivity contribution in [3.05, 3.63) is 87.4 Å². The molecular weight excluding hydrogens is 470 g/mol. The first kappa shape index (κ1) is 21.6. The highest BCUT2D eigenvalue weighted by molar-refractivity contribution is 9.10. The number of aliphatic imine (C=N–C) groups is 1. The molecule has 0 aromatic heterocycles. The lowest BCUT2D eigenvalue weighted by atomic mass is 10.2. The zero-order valence-corrected chi connectivity index (χ0v) is 18.2. The van der Waals surface area contributed by atoms with Gasteiger partial charge in [-0.1, -0.05) is 39.7 Å². The highest BCUT2D eigenvalue weighted by atomic mass is 79.9. The van der Waals surface area contributed by atoms with Crippen LogP contribution in [0.1, 0.15) is 11.1 Å². The average molecular weight is 487 g/mol. The normalized spacial score (nSPS) is 11.2. The maximum atomic E-state index is 12.2. The molecule has 3 aromatic carbocycles. The van der Waals surface area contributed by atoms with E-state index in [1.54, 1.807) is 48.7 Å². The van der Waals surface area contributed by atoms with Gasteiger partial charge >= 0.3 is 5.97 Å². The molecule has 0 amide bonds. The number of esters is 1.